The van der Waals surface area contributed by atoms with Crippen LogP contribution in [0.25, 0.3) is 22.6 Å². The summed E-state index contributed by atoms with van der Waals surface area (Å²) in [5.74, 6) is -0.0758. The van der Waals surface area contributed by atoms with E-state index in [0.29, 0.717) is 11.3 Å². The molecule has 4 rings (SSSR count). The fourth-order valence-corrected chi connectivity index (χ4v) is 3.52. The van der Waals surface area contributed by atoms with Crippen molar-refractivity contribution in [3.63, 3.8) is 0 Å². The highest BCUT2D eigenvalue weighted by Crippen LogP contribution is 2.36. The zero-order valence-electron chi connectivity index (χ0n) is 17.6. The van der Waals surface area contributed by atoms with E-state index < -0.39 is 11.0 Å². The number of carbonyl (C=O) groups is 1. The molecule has 0 radical (unpaired) electrons. The molecular weight excluding hydrogens is 416 g/mol. The van der Waals surface area contributed by atoms with Gasteiger partial charge in [0.2, 0.25) is 5.95 Å². The van der Waals surface area contributed by atoms with Gasteiger partial charge in [-0.25, -0.2) is 14.5 Å². The Balaban J connectivity index is 1.90. The summed E-state index contributed by atoms with van der Waals surface area (Å²) in [7, 11) is 0. The van der Waals surface area contributed by atoms with Crippen molar-refractivity contribution in [2.24, 2.45) is 0 Å². The number of rotatable bonds is 4. The molecular formula is C20H20N8O4. The molecule has 0 amide bonds. The first-order valence-electron chi connectivity index (χ1n) is 9.62. The molecule has 12 nitrogen and oxygen atoms in total. The standard InChI is InChI=1S/C20H20N8O4/c1-20(2,3)13-7-8-26(19(29)30)16(13)14-15-17(23-18(21)22-14)27(25-24-15)10-11-5-4-6-12(9-11)28(31)32/h4-9H,10H2,1-3H3,(H,29,30)(H2,21,22,23). The Morgan fingerprint density at radius 3 is 2.66 bits per heavy atom. The maximum atomic E-state index is 11.9. The van der Waals surface area contributed by atoms with Crippen molar-refractivity contribution in [2.75, 3.05) is 5.73 Å². The van der Waals surface area contributed by atoms with Crippen molar-refractivity contribution in [1.82, 2.24) is 29.5 Å². The van der Waals surface area contributed by atoms with E-state index in [2.05, 4.69) is 20.3 Å². The van der Waals surface area contributed by atoms with Crippen LogP contribution in [0.2, 0.25) is 0 Å². The van der Waals surface area contributed by atoms with Gasteiger partial charge >= 0.3 is 6.09 Å². The van der Waals surface area contributed by atoms with Crippen LogP contribution < -0.4 is 5.73 Å². The summed E-state index contributed by atoms with van der Waals surface area (Å²) >= 11 is 0. The molecule has 3 aromatic heterocycles. The zero-order chi connectivity index (χ0) is 23.2. The Morgan fingerprint density at radius 2 is 2.00 bits per heavy atom. The molecule has 0 bridgehead atoms. The van der Waals surface area contributed by atoms with Gasteiger partial charge in [0, 0.05) is 18.3 Å². The van der Waals surface area contributed by atoms with Gasteiger partial charge in [-0.15, -0.1) is 5.10 Å². The molecule has 12 heteroatoms. The number of hydrogen-bond acceptors (Lipinski definition) is 8. The quantitative estimate of drug-likeness (QED) is 0.361. The van der Waals surface area contributed by atoms with Crippen molar-refractivity contribution in [3.05, 3.63) is 57.8 Å². The summed E-state index contributed by atoms with van der Waals surface area (Å²) in [6.45, 7) is 6.02. The molecule has 0 aliphatic heterocycles. The smallest absolute Gasteiger partial charge is 0.416 e. The van der Waals surface area contributed by atoms with Crippen LogP contribution in [0, 0.1) is 10.1 Å². The summed E-state index contributed by atoms with van der Waals surface area (Å²) in [6.07, 6.45) is 0.278. The van der Waals surface area contributed by atoms with Gasteiger partial charge in [-0.1, -0.05) is 38.1 Å². The molecule has 3 N–H and O–H groups in total. The Labute approximate surface area is 181 Å². The van der Waals surface area contributed by atoms with E-state index in [0.717, 1.165) is 10.1 Å². The molecule has 1 aromatic carbocycles. The minimum atomic E-state index is -1.18. The molecule has 0 fully saturated rings. The Bertz CT molecular complexity index is 1370. The normalized spacial score (nSPS) is 11.7. The van der Waals surface area contributed by atoms with Gasteiger partial charge in [0.1, 0.15) is 5.69 Å². The van der Waals surface area contributed by atoms with Crippen LogP contribution in [0.15, 0.2) is 36.5 Å². The molecule has 4 aromatic rings. The summed E-state index contributed by atoms with van der Waals surface area (Å²) in [4.78, 5) is 31.0. The largest absolute Gasteiger partial charge is 0.464 e. The highest BCUT2D eigenvalue weighted by molar-refractivity contribution is 5.91. The van der Waals surface area contributed by atoms with E-state index in [1.54, 1.807) is 18.2 Å². The maximum Gasteiger partial charge on any atom is 0.416 e. The van der Waals surface area contributed by atoms with E-state index >= 15 is 0 Å². The summed E-state index contributed by atoms with van der Waals surface area (Å²) < 4.78 is 2.52. The molecule has 0 saturated carbocycles. The number of nitro benzene ring substituents is 1. The molecule has 0 aliphatic rings. The second-order valence-electron chi connectivity index (χ2n) is 8.26. The number of nitro groups is 1. The number of hydrogen-bond donors (Lipinski definition) is 2. The summed E-state index contributed by atoms with van der Waals surface area (Å²) in [6, 6.07) is 7.86. The molecule has 164 valence electrons. The lowest BCUT2D eigenvalue weighted by Gasteiger charge is -2.20. The number of non-ortho nitro benzene ring substituents is 1. The minimum Gasteiger partial charge on any atom is -0.464 e. The lowest BCUT2D eigenvalue weighted by Crippen LogP contribution is -2.16. The fourth-order valence-electron chi connectivity index (χ4n) is 3.52. The van der Waals surface area contributed by atoms with Gasteiger partial charge in [0.25, 0.3) is 5.69 Å². The topological polar surface area (TPSA) is 168 Å². The summed E-state index contributed by atoms with van der Waals surface area (Å²) in [5.41, 5.74) is 8.04. The molecule has 3 heterocycles. The average molecular weight is 436 g/mol. The number of nitrogen functional groups attached to an aromatic ring is 1. The predicted octanol–water partition coefficient (Wildman–Crippen LogP) is 3.05. The van der Waals surface area contributed by atoms with Gasteiger partial charge in [-0.05, 0) is 22.6 Å². The van der Waals surface area contributed by atoms with Crippen molar-refractivity contribution in [3.8, 4) is 11.4 Å². The third kappa shape index (κ3) is 3.62. The van der Waals surface area contributed by atoms with Crippen molar-refractivity contribution in [2.45, 2.75) is 32.7 Å². The number of aromatic nitrogens is 6. The lowest BCUT2D eigenvalue weighted by molar-refractivity contribution is -0.384. The monoisotopic (exact) mass is 436 g/mol. The van der Waals surface area contributed by atoms with E-state index in [4.69, 9.17) is 5.73 Å². The minimum absolute atomic E-state index is 0.0455. The fraction of sp³-hybridized carbons (Fsp3) is 0.250. The predicted molar refractivity (Wildman–Crippen MR) is 115 cm³/mol. The Morgan fingerprint density at radius 1 is 1.25 bits per heavy atom. The van der Waals surface area contributed by atoms with E-state index in [1.807, 2.05) is 20.8 Å². The van der Waals surface area contributed by atoms with Crippen LogP contribution in [0.5, 0.6) is 0 Å². The van der Waals surface area contributed by atoms with Crippen LogP contribution in [0.1, 0.15) is 31.9 Å². The third-order valence-electron chi connectivity index (χ3n) is 4.96. The van der Waals surface area contributed by atoms with Crippen LogP contribution in [-0.2, 0) is 12.0 Å². The highest BCUT2D eigenvalue weighted by atomic mass is 16.6. The molecule has 0 unspecified atom stereocenters. The van der Waals surface area contributed by atoms with E-state index in [9.17, 15) is 20.0 Å². The number of benzene rings is 1. The maximum absolute atomic E-state index is 11.9. The van der Waals surface area contributed by atoms with Crippen molar-refractivity contribution < 1.29 is 14.8 Å². The molecule has 32 heavy (non-hydrogen) atoms. The number of nitrogens with zero attached hydrogens (tertiary/aromatic N) is 7. The summed E-state index contributed by atoms with van der Waals surface area (Å²) in [5, 5.41) is 29.1. The zero-order valence-corrected chi connectivity index (χ0v) is 17.6. The molecule has 0 atom stereocenters. The van der Waals surface area contributed by atoms with Crippen LogP contribution in [0.4, 0.5) is 16.4 Å². The molecule has 0 aliphatic carbocycles. The van der Waals surface area contributed by atoms with Crippen LogP contribution >= 0.6 is 0 Å². The van der Waals surface area contributed by atoms with Gasteiger partial charge < -0.3 is 10.8 Å². The lowest BCUT2D eigenvalue weighted by atomic mass is 9.86. The first kappa shape index (κ1) is 20.9. The first-order chi connectivity index (χ1) is 15.1. The number of anilines is 1. The molecule has 0 saturated heterocycles. The van der Waals surface area contributed by atoms with Gasteiger partial charge in [0.15, 0.2) is 11.2 Å². The average Bonchev–Trinajstić information content (AvgIpc) is 3.32. The SMILES string of the molecule is CC(C)(C)c1ccn(C(=O)O)c1-c1nc(N)nc2c1nnn2Cc1cccc([N+](=O)[O-])c1. The van der Waals surface area contributed by atoms with Gasteiger partial charge in [-0.2, -0.15) is 4.98 Å². The number of nitrogens with two attached hydrogens (primary N) is 1. The van der Waals surface area contributed by atoms with Gasteiger partial charge in [-0.3, -0.25) is 14.7 Å². The third-order valence-corrected chi connectivity index (χ3v) is 4.96. The van der Waals surface area contributed by atoms with Crippen LogP contribution in [-0.4, -0.2) is 45.7 Å². The first-order valence-corrected chi connectivity index (χ1v) is 9.62. The number of fused-ring (bicyclic) bond motifs is 1. The van der Waals surface area contributed by atoms with Crippen molar-refractivity contribution >= 4 is 28.9 Å². The Hall–Kier alpha value is -4.35. The van der Waals surface area contributed by atoms with Crippen molar-refractivity contribution in [1.29, 1.82) is 0 Å². The second kappa shape index (κ2) is 7.41. The van der Waals surface area contributed by atoms with E-state index in [1.165, 1.54) is 23.0 Å². The van der Waals surface area contributed by atoms with E-state index in [-0.39, 0.29) is 40.5 Å². The van der Waals surface area contributed by atoms with Gasteiger partial charge in [0.05, 0.1) is 17.2 Å². The second-order valence-corrected chi connectivity index (χ2v) is 8.26. The van der Waals surface area contributed by atoms with Crippen LogP contribution in [0.3, 0.4) is 0 Å². The highest BCUT2D eigenvalue weighted by Gasteiger charge is 2.28. The Kier molecular flexibility index (Phi) is 4.84. The number of carboxylic acid groups (broad SMARTS) is 1. The molecule has 0 spiro atoms.